The monoisotopic (exact) mass is 668 g/mol. The summed E-state index contributed by atoms with van der Waals surface area (Å²) in [5.41, 5.74) is 4.58. The van der Waals surface area contributed by atoms with Crippen LogP contribution in [0.15, 0.2) is 60.3 Å². The number of hydrogen-bond acceptors (Lipinski definition) is 4. The molecule has 1 N–H and O–H groups in total. The van der Waals surface area contributed by atoms with E-state index in [1.54, 1.807) is 12.1 Å². The molecule has 6 heteroatoms. The predicted octanol–water partition coefficient (Wildman–Crippen LogP) is 9.34. The van der Waals surface area contributed by atoms with E-state index in [0.717, 1.165) is 70.6 Å². The quantitative estimate of drug-likeness (QED) is 0.106. The Morgan fingerprint density at radius 3 is 2.51 bits per heavy atom. The van der Waals surface area contributed by atoms with Gasteiger partial charge in [0.2, 0.25) is 11.6 Å². The molecule has 3 saturated carbocycles. The largest absolute Gasteiger partial charge is 0.618 e. The molecule has 1 aromatic carbocycles. The molecule has 1 amide bonds. The molecule has 0 aliphatic heterocycles. The van der Waals surface area contributed by atoms with E-state index in [1.807, 2.05) is 30.3 Å². The molecule has 8 atom stereocenters. The average Bonchev–Trinajstić information content (AvgIpc) is 3.44. The summed E-state index contributed by atoms with van der Waals surface area (Å²) in [5.74, 6) is 4.47. The molecule has 6 nitrogen and oxygen atoms in total. The first-order valence-corrected chi connectivity index (χ1v) is 19.4. The van der Waals surface area contributed by atoms with Crippen LogP contribution in [-0.4, -0.2) is 18.0 Å². The highest BCUT2D eigenvalue weighted by atomic mass is 16.5. The van der Waals surface area contributed by atoms with E-state index < -0.39 is 0 Å². The third-order valence-electron chi connectivity index (χ3n) is 13.7. The number of benzene rings is 1. The molecule has 1 aromatic heterocycles. The normalized spacial score (nSPS) is 31.2. The molecule has 3 fully saturated rings. The molecular formula is C43H60N2O4. The fraction of sp³-hybridized carbons (Fsp3) is 0.651. The number of carbonyl (C=O) groups excluding carboxylic acids is 2. The molecule has 266 valence electrons. The molecule has 2 aromatic rings. The minimum Gasteiger partial charge on any atom is -0.618 e. The summed E-state index contributed by atoms with van der Waals surface area (Å²) < 4.78 is 6.83. The van der Waals surface area contributed by atoms with Crippen molar-refractivity contribution in [3.05, 3.63) is 71.1 Å². The SMILES string of the molecule is CC(C)CCC[C@@H](C)[C@H]1CC[C@H]2[C@@H]3CC=C4C[C@@H](OC(=O)CCC(=O)NCc5ccc(-c6cccc[n+]6[O-])cc5)CC[C@]4(C)[C@H]3CC[C@]12C. The summed E-state index contributed by atoms with van der Waals surface area (Å²) in [6.07, 6.45) is 17.9. The van der Waals surface area contributed by atoms with Crippen molar-refractivity contribution in [1.82, 2.24) is 5.32 Å². The van der Waals surface area contributed by atoms with Gasteiger partial charge in [0, 0.05) is 37.1 Å². The number of pyridine rings is 1. The Morgan fingerprint density at radius 1 is 0.959 bits per heavy atom. The van der Waals surface area contributed by atoms with Crippen molar-refractivity contribution < 1.29 is 19.1 Å². The molecule has 0 unspecified atom stereocenters. The zero-order valence-corrected chi connectivity index (χ0v) is 30.7. The van der Waals surface area contributed by atoms with E-state index in [2.05, 4.69) is 46.0 Å². The van der Waals surface area contributed by atoms with Crippen molar-refractivity contribution in [2.75, 3.05) is 0 Å². The fourth-order valence-electron chi connectivity index (χ4n) is 10.9. The molecule has 1 heterocycles. The van der Waals surface area contributed by atoms with Crippen molar-refractivity contribution in [1.29, 1.82) is 0 Å². The predicted molar refractivity (Wildman–Crippen MR) is 195 cm³/mol. The van der Waals surface area contributed by atoms with Crippen LogP contribution in [0.3, 0.4) is 0 Å². The highest BCUT2D eigenvalue weighted by molar-refractivity contribution is 5.81. The zero-order valence-electron chi connectivity index (χ0n) is 30.7. The first-order valence-electron chi connectivity index (χ1n) is 19.4. The lowest BCUT2D eigenvalue weighted by atomic mass is 9.47. The van der Waals surface area contributed by atoms with Crippen molar-refractivity contribution in [2.45, 2.75) is 131 Å². The Kier molecular flexibility index (Phi) is 10.9. The van der Waals surface area contributed by atoms with Crippen LogP contribution in [0.2, 0.25) is 0 Å². The second-order valence-corrected chi connectivity index (χ2v) is 17.0. The number of rotatable bonds is 12. The minimum absolute atomic E-state index is 0.0845. The zero-order chi connectivity index (χ0) is 34.8. The van der Waals surface area contributed by atoms with Crippen molar-refractivity contribution in [3.63, 3.8) is 0 Å². The Labute approximate surface area is 295 Å². The molecule has 0 saturated heterocycles. The van der Waals surface area contributed by atoms with Crippen molar-refractivity contribution >= 4 is 11.9 Å². The molecule has 4 aliphatic carbocycles. The maximum atomic E-state index is 12.9. The van der Waals surface area contributed by atoms with E-state index in [0.29, 0.717) is 17.7 Å². The molecule has 4 aliphatic rings. The third kappa shape index (κ3) is 7.64. The van der Waals surface area contributed by atoms with Gasteiger partial charge in [-0.3, -0.25) is 9.59 Å². The number of carbonyl (C=O) groups is 2. The van der Waals surface area contributed by atoms with Crippen LogP contribution >= 0.6 is 0 Å². The number of nitrogens with one attached hydrogen (secondary N) is 1. The topological polar surface area (TPSA) is 82.3 Å². The lowest BCUT2D eigenvalue weighted by Gasteiger charge is -2.58. The van der Waals surface area contributed by atoms with Crippen LogP contribution in [0.4, 0.5) is 0 Å². The summed E-state index contributed by atoms with van der Waals surface area (Å²) in [6.45, 7) is 12.8. The van der Waals surface area contributed by atoms with Crippen LogP contribution in [0.25, 0.3) is 11.3 Å². The lowest BCUT2D eigenvalue weighted by Crippen LogP contribution is -2.51. The number of nitrogens with zero attached hydrogens (tertiary/aromatic N) is 1. The van der Waals surface area contributed by atoms with Gasteiger partial charge in [-0.25, -0.2) is 0 Å². The van der Waals surface area contributed by atoms with Crippen LogP contribution < -0.4 is 10.0 Å². The van der Waals surface area contributed by atoms with Gasteiger partial charge < -0.3 is 15.3 Å². The first kappa shape index (κ1) is 35.7. The second kappa shape index (κ2) is 15.0. The van der Waals surface area contributed by atoms with Crippen LogP contribution in [-0.2, 0) is 20.9 Å². The molecule has 49 heavy (non-hydrogen) atoms. The summed E-state index contributed by atoms with van der Waals surface area (Å²) >= 11 is 0. The van der Waals surface area contributed by atoms with Gasteiger partial charge in [0.15, 0.2) is 6.20 Å². The van der Waals surface area contributed by atoms with Gasteiger partial charge >= 0.3 is 5.97 Å². The number of amides is 1. The fourth-order valence-corrected chi connectivity index (χ4v) is 10.9. The van der Waals surface area contributed by atoms with Crippen LogP contribution in [0.1, 0.15) is 124 Å². The molecule has 0 bridgehead atoms. The number of esters is 1. The van der Waals surface area contributed by atoms with Crippen molar-refractivity contribution in [3.8, 4) is 11.3 Å². The molecule has 0 radical (unpaired) electrons. The number of ether oxygens (including phenoxy) is 1. The van der Waals surface area contributed by atoms with Gasteiger partial charge in [0.1, 0.15) is 6.10 Å². The number of aromatic nitrogens is 1. The molecule has 6 rings (SSSR count). The molecular weight excluding hydrogens is 608 g/mol. The minimum atomic E-state index is -0.274. The highest BCUT2D eigenvalue weighted by Crippen LogP contribution is 2.67. The first-order chi connectivity index (χ1) is 23.5. The number of fused-ring (bicyclic) bond motifs is 5. The summed E-state index contributed by atoms with van der Waals surface area (Å²) in [6, 6.07) is 12.9. The van der Waals surface area contributed by atoms with Gasteiger partial charge in [-0.05, 0) is 115 Å². The summed E-state index contributed by atoms with van der Waals surface area (Å²) in [4.78, 5) is 25.4. The Bertz CT molecular complexity index is 1500. The van der Waals surface area contributed by atoms with E-state index in [9.17, 15) is 14.8 Å². The van der Waals surface area contributed by atoms with Gasteiger partial charge in [0.25, 0.3) is 0 Å². The van der Waals surface area contributed by atoms with Crippen LogP contribution in [0.5, 0.6) is 0 Å². The average molecular weight is 669 g/mol. The maximum Gasteiger partial charge on any atom is 0.306 e. The van der Waals surface area contributed by atoms with Gasteiger partial charge in [-0.15, -0.1) is 0 Å². The second-order valence-electron chi connectivity index (χ2n) is 17.0. The van der Waals surface area contributed by atoms with Gasteiger partial charge in [-0.2, -0.15) is 4.73 Å². The van der Waals surface area contributed by atoms with Gasteiger partial charge in [-0.1, -0.05) is 77.7 Å². The summed E-state index contributed by atoms with van der Waals surface area (Å²) in [7, 11) is 0. The Morgan fingerprint density at radius 2 is 1.76 bits per heavy atom. The molecule has 0 spiro atoms. The lowest BCUT2D eigenvalue weighted by molar-refractivity contribution is -0.593. The van der Waals surface area contributed by atoms with E-state index in [4.69, 9.17) is 4.74 Å². The summed E-state index contributed by atoms with van der Waals surface area (Å²) in [5, 5.41) is 14.9. The Balaban J connectivity index is 0.960. The third-order valence-corrected chi connectivity index (χ3v) is 13.7. The van der Waals surface area contributed by atoms with E-state index >= 15 is 0 Å². The smallest absolute Gasteiger partial charge is 0.306 e. The highest BCUT2D eigenvalue weighted by Gasteiger charge is 2.59. The Hall–Kier alpha value is -3.15. The standard InChI is InChI=1S/C43H60N2O4/c1-29(2)9-8-10-30(3)36-18-19-37-35-17-16-33-27-34(22-24-42(33,4)38(35)23-25-43(36,37)5)49-41(47)21-20-40(46)44-28-31-12-14-32(15-13-31)39-11-6-7-26-45(39)48/h6-7,11-16,26,29-30,34-38H,8-10,17-25,27-28H2,1-5H3,(H,44,46)/t30-,34+,35+,36-,37+,38+,42+,43-/m1/s1. The van der Waals surface area contributed by atoms with E-state index in [1.165, 1.54) is 63.1 Å². The van der Waals surface area contributed by atoms with Crippen LogP contribution in [0, 0.1) is 51.5 Å². The number of allylic oxidation sites excluding steroid dienone is 1. The van der Waals surface area contributed by atoms with E-state index in [-0.39, 0.29) is 36.2 Å². The number of hydrogen-bond donors (Lipinski definition) is 1. The maximum absolute atomic E-state index is 12.9. The van der Waals surface area contributed by atoms with Gasteiger partial charge in [0.05, 0.1) is 6.42 Å². The van der Waals surface area contributed by atoms with Crippen molar-refractivity contribution in [2.24, 2.45) is 46.3 Å².